The molecule has 0 unspecified atom stereocenters. The number of aromatic nitrogens is 5. The van der Waals surface area contributed by atoms with Gasteiger partial charge < -0.3 is 4.52 Å². The number of benzene rings is 2. The summed E-state index contributed by atoms with van der Waals surface area (Å²) in [4.78, 5) is 4.49. The molecular formula is C17H15N5O. The van der Waals surface area contributed by atoms with Crippen LogP contribution >= 0.6 is 0 Å². The van der Waals surface area contributed by atoms with Crippen molar-refractivity contribution in [2.45, 2.75) is 20.4 Å². The number of hydrogen-bond donors (Lipinski definition) is 0. The maximum absolute atomic E-state index is 5.40. The zero-order chi connectivity index (χ0) is 15.8. The Bertz CT molecular complexity index is 985. The van der Waals surface area contributed by atoms with Crippen LogP contribution in [0.1, 0.15) is 12.5 Å². The third-order valence-electron chi connectivity index (χ3n) is 3.76. The van der Waals surface area contributed by atoms with Gasteiger partial charge in [-0.2, -0.15) is 4.98 Å². The van der Waals surface area contributed by atoms with Crippen molar-refractivity contribution in [3.63, 3.8) is 0 Å². The minimum absolute atomic E-state index is 0.515. The lowest BCUT2D eigenvalue weighted by molar-refractivity contribution is 0.432. The van der Waals surface area contributed by atoms with Crippen molar-refractivity contribution >= 4 is 11.0 Å². The van der Waals surface area contributed by atoms with Gasteiger partial charge in [0.15, 0.2) is 0 Å². The number of fused-ring (bicyclic) bond motifs is 1. The lowest BCUT2D eigenvalue weighted by Crippen LogP contribution is -1.95. The maximum atomic E-state index is 5.40. The van der Waals surface area contributed by atoms with E-state index in [2.05, 4.69) is 20.5 Å². The van der Waals surface area contributed by atoms with Crippen molar-refractivity contribution in [2.24, 2.45) is 0 Å². The van der Waals surface area contributed by atoms with Crippen LogP contribution in [-0.4, -0.2) is 25.1 Å². The number of rotatable bonds is 3. The fourth-order valence-electron chi connectivity index (χ4n) is 2.58. The van der Waals surface area contributed by atoms with Gasteiger partial charge in [0.1, 0.15) is 5.52 Å². The van der Waals surface area contributed by atoms with E-state index in [4.69, 9.17) is 4.52 Å². The average Bonchev–Trinajstić information content (AvgIpc) is 3.21. The van der Waals surface area contributed by atoms with Gasteiger partial charge in [0.2, 0.25) is 5.82 Å². The van der Waals surface area contributed by atoms with Crippen LogP contribution in [0.3, 0.4) is 0 Å². The molecule has 0 aliphatic rings. The molecule has 0 spiro atoms. The summed E-state index contributed by atoms with van der Waals surface area (Å²) >= 11 is 0. The Balaban J connectivity index is 1.74. The first-order chi connectivity index (χ1) is 11.2. The van der Waals surface area contributed by atoms with Gasteiger partial charge in [0.05, 0.1) is 5.52 Å². The predicted molar refractivity (Wildman–Crippen MR) is 86.7 cm³/mol. The highest BCUT2D eigenvalue weighted by Crippen LogP contribution is 2.25. The highest BCUT2D eigenvalue weighted by molar-refractivity contribution is 5.80. The zero-order valence-corrected chi connectivity index (χ0v) is 12.9. The molecule has 4 aromatic rings. The van der Waals surface area contributed by atoms with Gasteiger partial charge in [-0.25, -0.2) is 4.68 Å². The number of hydrogen-bond acceptors (Lipinski definition) is 5. The fourth-order valence-corrected chi connectivity index (χ4v) is 2.58. The number of aryl methyl sites for hydroxylation is 2. The quantitative estimate of drug-likeness (QED) is 0.579. The summed E-state index contributed by atoms with van der Waals surface area (Å²) in [6.07, 6.45) is 0. The standard InChI is InChI=1S/C17H15N5O/c1-3-22-15-8-7-12(10-14(15)19-21-22)16-18-17(23-20-16)13-6-4-5-11(2)9-13/h4-10H,3H2,1-2H3. The third kappa shape index (κ3) is 2.38. The van der Waals surface area contributed by atoms with Gasteiger partial charge in [-0.15, -0.1) is 5.10 Å². The lowest BCUT2D eigenvalue weighted by Gasteiger charge is -1.97. The second kappa shape index (κ2) is 5.31. The molecular weight excluding hydrogens is 290 g/mol. The van der Waals surface area contributed by atoms with E-state index in [1.165, 1.54) is 0 Å². The molecule has 23 heavy (non-hydrogen) atoms. The van der Waals surface area contributed by atoms with Crippen molar-refractivity contribution in [1.82, 2.24) is 25.1 Å². The monoisotopic (exact) mass is 305 g/mol. The molecule has 2 aromatic heterocycles. The lowest BCUT2D eigenvalue weighted by atomic mass is 10.1. The van der Waals surface area contributed by atoms with Crippen LogP contribution in [-0.2, 0) is 6.54 Å². The molecule has 6 nitrogen and oxygen atoms in total. The largest absolute Gasteiger partial charge is 0.334 e. The molecule has 0 bridgehead atoms. The molecule has 6 heteroatoms. The third-order valence-corrected chi connectivity index (χ3v) is 3.76. The van der Waals surface area contributed by atoms with Crippen LogP contribution < -0.4 is 0 Å². The van der Waals surface area contributed by atoms with E-state index in [0.717, 1.165) is 34.3 Å². The molecule has 0 fully saturated rings. The van der Waals surface area contributed by atoms with Crippen molar-refractivity contribution in [3.05, 3.63) is 48.0 Å². The summed E-state index contributed by atoms with van der Waals surface area (Å²) in [6.45, 7) is 4.86. The normalized spacial score (nSPS) is 11.2. The van der Waals surface area contributed by atoms with Crippen molar-refractivity contribution in [3.8, 4) is 22.8 Å². The smallest absolute Gasteiger partial charge is 0.258 e. The van der Waals surface area contributed by atoms with E-state index in [9.17, 15) is 0 Å². The first kappa shape index (κ1) is 13.6. The molecule has 0 amide bonds. The Morgan fingerprint density at radius 1 is 1.09 bits per heavy atom. The summed E-state index contributed by atoms with van der Waals surface area (Å²) in [7, 11) is 0. The van der Waals surface area contributed by atoms with E-state index in [-0.39, 0.29) is 0 Å². The molecule has 4 rings (SSSR count). The van der Waals surface area contributed by atoms with Crippen molar-refractivity contribution < 1.29 is 4.52 Å². The molecule has 114 valence electrons. The van der Waals surface area contributed by atoms with Gasteiger partial charge in [-0.1, -0.05) is 28.1 Å². The maximum Gasteiger partial charge on any atom is 0.258 e. The molecule has 0 saturated heterocycles. The van der Waals surface area contributed by atoms with Gasteiger partial charge in [0.25, 0.3) is 5.89 Å². The predicted octanol–water partition coefficient (Wildman–Crippen LogP) is 3.48. The summed E-state index contributed by atoms with van der Waals surface area (Å²) in [6, 6.07) is 13.9. The first-order valence-electron chi connectivity index (χ1n) is 7.49. The van der Waals surface area contributed by atoms with Crippen molar-refractivity contribution in [2.75, 3.05) is 0 Å². The molecule has 0 N–H and O–H groups in total. The number of nitrogens with zero attached hydrogens (tertiary/aromatic N) is 5. The molecule has 0 saturated carbocycles. The van der Waals surface area contributed by atoms with Gasteiger partial charge >= 0.3 is 0 Å². The molecule has 0 aliphatic heterocycles. The summed E-state index contributed by atoms with van der Waals surface area (Å²) in [5, 5.41) is 12.4. The Morgan fingerprint density at radius 3 is 2.83 bits per heavy atom. The second-order valence-corrected chi connectivity index (χ2v) is 5.40. The summed E-state index contributed by atoms with van der Waals surface area (Å²) in [5.74, 6) is 1.07. The Morgan fingerprint density at radius 2 is 2.00 bits per heavy atom. The summed E-state index contributed by atoms with van der Waals surface area (Å²) < 4.78 is 7.25. The average molecular weight is 305 g/mol. The molecule has 0 radical (unpaired) electrons. The van der Waals surface area contributed by atoms with Crippen LogP contribution in [0.15, 0.2) is 47.0 Å². The van der Waals surface area contributed by atoms with E-state index in [0.29, 0.717) is 11.7 Å². The van der Waals surface area contributed by atoms with Crippen LogP contribution in [0.5, 0.6) is 0 Å². The molecule has 0 atom stereocenters. The van der Waals surface area contributed by atoms with E-state index in [1.54, 1.807) is 0 Å². The van der Waals surface area contributed by atoms with Crippen LogP contribution in [0.2, 0.25) is 0 Å². The van der Waals surface area contributed by atoms with Gasteiger partial charge in [-0.05, 0) is 44.2 Å². The summed E-state index contributed by atoms with van der Waals surface area (Å²) in [5.41, 5.74) is 4.76. The highest BCUT2D eigenvalue weighted by atomic mass is 16.5. The topological polar surface area (TPSA) is 69.6 Å². The van der Waals surface area contributed by atoms with E-state index in [1.807, 2.05) is 61.0 Å². The Hall–Kier alpha value is -3.02. The Labute approximate surface area is 132 Å². The van der Waals surface area contributed by atoms with Crippen LogP contribution in [0.25, 0.3) is 33.9 Å². The minimum atomic E-state index is 0.515. The zero-order valence-electron chi connectivity index (χ0n) is 12.9. The molecule has 0 aliphatic carbocycles. The van der Waals surface area contributed by atoms with Crippen LogP contribution in [0.4, 0.5) is 0 Å². The van der Waals surface area contributed by atoms with E-state index >= 15 is 0 Å². The van der Waals surface area contributed by atoms with Gasteiger partial charge in [0, 0.05) is 17.7 Å². The van der Waals surface area contributed by atoms with Gasteiger partial charge in [-0.3, -0.25) is 0 Å². The fraction of sp³-hybridized carbons (Fsp3) is 0.176. The second-order valence-electron chi connectivity index (χ2n) is 5.40. The Kier molecular flexibility index (Phi) is 3.15. The van der Waals surface area contributed by atoms with Crippen molar-refractivity contribution in [1.29, 1.82) is 0 Å². The molecule has 2 heterocycles. The minimum Gasteiger partial charge on any atom is -0.334 e. The first-order valence-corrected chi connectivity index (χ1v) is 7.49. The van der Waals surface area contributed by atoms with Crippen LogP contribution in [0, 0.1) is 6.92 Å². The molecule has 2 aromatic carbocycles. The SMILES string of the molecule is CCn1nnc2cc(-c3noc(-c4cccc(C)c4)n3)ccc21. The highest BCUT2D eigenvalue weighted by Gasteiger charge is 2.12. The van der Waals surface area contributed by atoms with E-state index < -0.39 is 0 Å².